The third-order valence-electron chi connectivity index (χ3n) is 4.29. The van der Waals surface area contributed by atoms with Gasteiger partial charge in [-0.15, -0.1) is 0 Å². The number of Topliss-reactive ketones (excluding diaryl/α,β-unsaturated/α-hetero) is 2. The Kier molecular flexibility index (Phi) is 8.02. The van der Waals surface area contributed by atoms with Crippen molar-refractivity contribution in [3.63, 3.8) is 0 Å². The number of carbonyl (C=O) groups is 4. The summed E-state index contributed by atoms with van der Waals surface area (Å²) < 4.78 is 9.37. The van der Waals surface area contributed by atoms with Gasteiger partial charge in [-0.3, -0.25) is 9.59 Å². The van der Waals surface area contributed by atoms with E-state index in [1.165, 1.54) is 21.1 Å². The average molecular weight is 455 g/mol. The Hall–Kier alpha value is -2.84. The highest BCUT2D eigenvalue weighted by atomic mass is 35.5. The molecule has 8 nitrogen and oxygen atoms in total. The Balaban J connectivity index is 2.30. The zero-order chi connectivity index (χ0) is 22.4. The second kappa shape index (κ2) is 10.3. The molecule has 0 radical (unpaired) electrons. The van der Waals surface area contributed by atoms with Crippen LogP contribution in [0, 0.1) is 0 Å². The standard InChI is InChI=1S/C20H20Cl2N2O6/c1-10(19(27)29-2)23-15-13(21)18(26)16(14(22)17(15)25)24-12(20(28)30-3)9-11-7-5-4-6-8-11/h4-8,10,12,23-24H,9H2,1-3H3/t10-,12-/m0/s1. The highest BCUT2D eigenvalue weighted by molar-refractivity contribution is 6.56. The monoisotopic (exact) mass is 454 g/mol. The van der Waals surface area contributed by atoms with Crippen LogP contribution in [0.4, 0.5) is 0 Å². The van der Waals surface area contributed by atoms with Gasteiger partial charge in [0.05, 0.1) is 14.2 Å². The van der Waals surface area contributed by atoms with Crippen LogP contribution in [0.25, 0.3) is 0 Å². The number of ether oxygens (including phenoxy) is 2. The van der Waals surface area contributed by atoms with Crippen molar-refractivity contribution in [1.29, 1.82) is 0 Å². The van der Waals surface area contributed by atoms with Crippen LogP contribution in [0.1, 0.15) is 12.5 Å². The molecule has 1 aromatic rings. The summed E-state index contributed by atoms with van der Waals surface area (Å²) >= 11 is 12.2. The molecule has 0 aromatic heterocycles. The van der Waals surface area contributed by atoms with E-state index in [0.717, 1.165) is 5.56 Å². The van der Waals surface area contributed by atoms with E-state index in [1.54, 1.807) is 24.3 Å². The van der Waals surface area contributed by atoms with Gasteiger partial charge in [0.25, 0.3) is 0 Å². The Labute approximate surface area is 183 Å². The topological polar surface area (TPSA) is 111 Å². The summed E-state index contributed by atoms with van der Waals surface area (Å²) in [6.07, 6.45) is 0.175. The van der Waals surface area contributed by atoms with Crippen LogP contribution in [-0.4, -0.2) is 49.8 Å². The predicted molar refractivity (Wildman–Crippen MR) is 109 cm³/mol. The zero-order valence-electron chi connectivity index (χ0n) is 16.5. The van der Waals surface area contributed by atoms with E-state index in [0.29, 0.717) is 0 Å². The quantitative estimate of drug-likeness (QED) is 0.449. The van der Waals surface area contributed by atoms with Crippen molar-refractivity contribution in [2.45, 2.75) is 25.4 Å². The van der Waals surface area contributed by atoms with Crippen molar-refractivity contribution in [3.8, 4) is 0 Å². The summed E-state index contributed by atoms with van der Waals surface area (Å²) in [4.78, 5) is 49.2. The molecule has 2 N–H and O–H groups in total. The molecule has 0 amide bonds. The van der Waals surface area contributed by atoms with Crippen molar-refractivity contribution in [3.05, 3.63) is 57.4 Å². The first-order chi connectivity index (χ1) is 14.2. The number of rotatable bonds is 8. The van der Waals surface area contributed by atoms with E-state index >= 15 is 0 Å². The lowest BCUT2D eigenvalue weighted by Crippen LogP contribution is -2.45. The molecule has 10 heteroatoms. The Morgan fingerprint density at radius 1 is 0.900 bits per heavy atom. The fourth-order valence-electron chi connectivity index (χ4n) is 2.72. The minimum Gasteiger partial charge on any atom is -0.467 e. The molecule has 0 fully saturated rings. The molecule has 0 spiro atoms. The molecule has 0 unspecified atom stereocenters. The van der Waals surface area contributed by atoms with Crippen molar-refractivity contribution < 1.29 is 28.7 Å². The molecule has 1 aromatic carbocycles. The molecule has 0 heterocycles. The van der Waals surface area contributed by atoms with Gasteiger partial charge < -0.3 is 20.1 Å². The number of halogens is 2. The van der Waals surface area contributed by atoms with Gasteiger partial charge >= 0.3 is 11.9 Å². The predicted octanol–water partition coefficient (Wildman–Crippen LogP) is 1.56. The number of carbonyl (C=O) groups excluding carboxylic acids is 4. The largest absolute Gasteiger partial charge is 0.467 e. The highest BCUT2D eigenvalue weighted by Gasteiger charge is 2.36. The van der Waals surface area contributed by atoms with E-state index in [-0.39, 0.29) is 17.8 Å². The third kappa shape index (κ3) is 5.20. The molecular weight excluding hydrogens is 435 g/mol. The fourth-order valence-corrected chi connectivity index (χ4v) is 3.19. The minimum atomic E-state index is -0.995. The first-order valence-corrected chi connectivity index (χ1v) is 9.58. The maximum absolute atomic E-state index is 12.8. The van der Waals surface area contributed by atoms with Crippen molar-refractivity contribution in [2.75, 3.05) is 14.2 Å². The summed E-state index contributed by atoms with van der Waals surface area (Å²) in [5.41, 5.74) is 0.143. The number of ketones is 2. The summed E-state index contributed by atoms with van der Waals surface area (Å²) in [6.45, 7) is 1.43. The molecule has 1 aliphatic rings. The van der Waals surface area contributed by atoms with E-state index < -0.39 is 45.7 Å². The van der Waals surface area contributed by atoms with E-state index in [2.05, 4.69) is 15.4 Å². The van der Waals surface area contributed by atoms with Crippen LogP contribution >= 0.6 is 23.2 Å². The molecule has 30 heavy (non-hydrogen) atoms. The summed E-state index contributed by atoms with van der Waals surface area (Å²) in [5, 5.41) is 4.30. The van der Waals surface area contributed by atoms with Crippen LogP contribution in [0.15, 0.2) is 51.8 Å². The number of nitrogens with one attached hydrogen (secondary N) is 2. The lowest BCUT2D eigenvalue weighted by molar-refractivity contribution is -0.143. The molecular formula is C20H20Cl2N2O6. The average Bonchev–Trinajstić information content (AvgIpc) is 2.76. The smallest absolute Gasteiger partial charge is 0.328 e. The van der Waals surface area contributed by atoms with Gasteiger partial charge in [0.15, 0.2) is 0 Å². The fraction of sp³-hybridized carbons (Fsp3) is 0.300. The second-order valence-electron chi connectivity index (χ2n) is 6.34. The molecule has 2 rings (SSSR count). The van der Waals surface area contributed by atoms with Crippen molar-refractivity contribution in [2.24, 2.45) is 0 Å². The van der Waals surface area contributed by atoms with Gasteiger partial charge in [-0.1, -0.05) is 53.5 Å². The molecule has 0 saturated heterocycles. The van der Waals surface area contributed by atoms with Gasteiger partial charge in [0.1, 0.15) is 33.5 Å². The van der Waals surface area contributed by atoms with Gasteiger partial charge in [0, 0.05) is 6.42 Å². The lowest BCUT2D eigenvalue weighted by Gasteiger charge is -2.24. The number of hydrogen-bond acceptors (Lipinski definition) is 8. The Bertz CT molecular complexity index is 926. The van der Waals surface area contributed by atoms with Crippen LogP contribution in [-0.2, 0) is 35.1 Å². The number of allylic oxidation sites excluding steroid dienone is 2. The van der Waals surface area contributed by atoms with E-state index in [9.17, 15) is 19.2 Å². The number of methoxy groups -OCH3 is 2. The van der Waals surface area contributed by atoms with Crippen LogP contribution in [0.2, 0.25) is 0 Å². The van der Waals surface area contributed by atoms with Crippen molar-refractivity contribution >= 4 is 46.7 Å². The number of benzene rings is 1. The minimum absolute atomic E-state index is 0.175. The molecule has 0 saturated carbocycles. The normalized spacial score (nSPS) is 16.2. The van der Waals surface area contributed by atoms with Crippen LogP contribution in [0.3, 0.4) is 0 Å². The molecule has 0 aliphatic heterocycles. The first-order valence-electron chi connectivity index (χ1n) is 8.82. The van der Waals surface area contributed by atoms with Gasteiger partial charge in [-0.25, -0.2) is 9.59 Å². The van der Waals surface area contributed by atoms with E-state index in [1.807, 2.05) is 6.07 Å². The molecule has 2 atom stereocenters. The number of esters is 2. The van der Waals surface area contributed by atoms with E-state index in [4.69, 9.17) is 27.9 Å². The first kappa shape index (κ1) is 23.4. The summed E-state index contributed by atoms with van der Waals surface area (Å²) in [7, 11) is 2.38. The Morgan fingerprint density at radius 2 is 1.40 bits per heavy atom. The van der Waals surface area contributed by atoms with Gasteiger partial charge in [-0.2, -0.15) is 0 Å². The summed E-state index contributed by atoms with van der Waals surface area (Å²) in [5.74, 6) is -2.92. The van der Waals surface area contributed by atoms with Crippen molar-refractivity contribution in [1.82, 2.24) is 10.6 Å². The maximum atomic E-state index is 12.8. The van der Waals surface area contributed by atoms with Crippen LogP contribution in [0.5, 0.6) is 0 Å². The summed E-state index contributed by atoms with van der Waals surface area (Å²) in [6, 6.07) is 7.06. The zero-order valence-corrected chi connectivity index (χ0v) is 18.0. The maximum Gasteiger partial charge on any atom is 0.328 e. The SMILES string of the molecule is COC(=O)[C@H](C)NC1=C(Cl)C(=O)C(N[C@@H](Cc2ccccc2)C(=O)OC)=C(Cl)C1=O. The van der Waals surface area contributed by atoms with Gasteiger partial charge in [-0.05, 0) is 12.5 Å². The Morgan fingerprint density at radius 3 is 1.90 bits per heavy atom. The number of hydrogen-bond donors (Lipinski definition) is 2. The molecule has 0 bridgehead atoms. The second-order valence-corrected chi connectivity index (χ2v) is 7.09. The lowest BCUT2D eigenvalue weighted by atomic mass is 10.0. The molecule has 160 valence electrons. The molecule has 1 aliphatic carbocycles. The van der Waals surface area contributed by atoms with Crippen LogP contribution < -0.4 is 10.6 Å². The highest BCUT2D eigenvalue weighted by Crippen LogP contribution is 2.28. The third-order valence-corrected chi connectivity index (χ3v) is 5.02. The van der Waals surface area contributed by atoms with Gasteiger partial charge in [0.2, 0.25) is 11.6 Å².